The van der Waals surface area contributed by atoms with Gasteiger partial charge in [-0.1, -0.05) is 15.9 Å². The molecule has 0 fully saturated rings. The molecule has 0 atom stereocenters. The fraction of sp³-hybridized carbons (Fsp3) is 0.167. The largest absolute Gasteiger partial charge is 0.451 e. The second kappa shape index (κ2) is 6.11. The molecular formula is C12H7Br3F3NO. The number of nitrogens with one attached hydrogen (secondary N) is 1. The van der Waals surface area contributed by atoms with Crippen LogP contribution in [0.15, 0.2) is 42.3 Å². The summed E-state index contributed by atoms with van der Waals surface area (Å²) in [6.45, 7) is 0.276. The first-order valence-electron chi connectivity index (χ1n) is 5.31. The summed E-state index contributed by atoms with van der Waals surface area (Å²) in [5, 5.41) is 2.89. The summed E-state index contributed by atoms with van der Waals surface area (Å²) in [6, 6.07) is 5.39. The minimum atomic E-state index is -4.38. The average Bonchev–Trinajstić information content (AvgIpc) is 2.65. The first-order valence-corrected chi connectivity index (χ1v) is 7.69. The van der Waals surface area contributed by atoms with Crippen LogP contribution in [-0.4, -0.2) is 0 Å². The maximum atomic E-state index is 12.7. The molecule has 0 saturated heterocycles. The SMILES string of the molecule is FC(F)(F)c1cc(Br)cc(NCc2cc(Br)c(Br)o2)c1. The number of furan rings is 1. The van der Waals surface area contributed by atoms with E-state index < -0.39 is 11.7 Å². The Hall–Kier alpha value is -0.470. The van der Waals surface area contributed by atoms with Crippen molar-refractivity contribution in [3.8, 4) is 0 Å². The molecule has 1 heterocycles. The molecule has 0 unspecified atom stereocenters. The fourth-order valence-corrected chi connectivity index (χ4v) is 2.67. The Labute approximate surface area is 138 Å². The zero-order chi connectivity index (χ0) is 14.9. The standard InChI is InChI=1S/C12H7Br3F3NO/c13-7-1-6(12(16,17)18)2-8(3-7)19-5-9-4-10(14)11(15)20-9/h1-4,19H,5H2. The molecule has 2 nitrogen and oxygen atoms in total. The van der Waals surface area contributed by atoms with Crippen molar-refractivity contribution in [2.75, 3.05) is 5.32 Å². The lowest BCUT2D eigenvalue weighted by Gasteiger charge is -2.11. The van der Waals surface area contributed by atoms with Crippen LogP contribution in [0.3, 0.4) is 0 Å². The Kier molecular flexibility index (Phi) is 4.86. The van der Waals surface area contributed by atoms with E-state index in [1.54, 1.807) is 12.1 Å². The van der Waals surface area contributed by atoms with E-state index in [1.807, 2.05) is 0 Å². The van der Waals surface area contributed by atoms with Gasteiger partial charge in [0.2, 0.25) is 0 Å². The van der Waals surface area contributed by atoms with Crippen LogP contribution in [0.1, 0.15) is 11.3 Å². The number of hydrogen-bond acceptors (Lipinski definition) is 2. The number of alkyl halides is 3. The van der Waals surface area contributed by atoms with E-state index in [1.165, 1.54) is 0 Å². The lowest BCUT2D eigenvalue weighted by atomic mass is 10.2. The fourth-order valence-electron chi connectivity index (χ4n) is 1.52. The maximum absolute atomic E-state index is 12.7. The summed E-state index contributed by atoms with van der Waals surface area (Å²) in [6.07, 6.45) is -4.38. The third-order valence-corrected chi connectivity index (χ3v) is 4.56. The summed E-state index contributed by atoms with van der Waals surface area (Å²) < 4.78 is 45.0. The second-order valence-electron chi connectivity index (χ2n) is 3.91. The molecule has 2 aromatic rings. The summed E-state index contributed by atoms with van der Waals surface area (Å²) in [4.78, 5) is 0. The summed E-state index contributed by atoms with van der Waals surface area (Å²) in [7, 11) is 0. The molecule has 0 aliphatic heterocycles. The van der Waals surface area contributed by atoms with Gasteiger partial charge in [-0.25, -0.2) is 0 Å². The first-order chi connectivity index (χ1) is 9.25. The van der Waals surface area contributed by atoms with Crippen molar-refractivity contribution in [2.45, 2.75) is 12.7 Å². The van der Waals surface area contributed by atoms with E-state index in [0.29, 0.717) is 20.6 Å². The van der Waals surface area contributed by atoms with Gasteiger partial charge in [0.25, 0.3) is 0 Å². The van der Waals surface area contributed by atoms with Crippen LogP contribution in [0.25, 0.3) is 0 Å². The number of anilines is 1. The van der Waals surface area contributed by atoms with Crippen molar-refractivity contribution in [1.82, 2.24) is 0 Å². The van der Waals surface area contributed by atoms with Gasteiger partial charge in [-0.2, -0.15) is 13.2 Å². The minimum Gasteiger partial charge on any atom is -0.451 e. The summed E-state index contributed by atoms with van der Waals surface area (Å²) in [5.41, 5.74) is -0.355. The van der Waals surface area contributed by atoms with Gasteiger partial charge in [-0.3, -0.25) is 0 Å². The van der Waals surface area contributed by atoms with E-state index in [4.69, 9.17) is 4.42 Å². The molecule has 108 valence electrons. The molecule has 0 amide bonds. The first kappa shape index (κ1) is 15.9. The lowest BCUT2D eigenvalue weighted by molar-refractivity contribution is -0.137. The molecule has 0 aliphatic rings. The second-order valence-corrected chi connectivity index (χ2v) is 6.40. The monoisotopic (exact) mass is 475 g/mol. The van der Waals surface area contributed by atoms with E-state index in [2.05, 4.69) is 53.1 Å². The topological polar surface area (TPSA) is 25.2 Å². The summed E-state index contributed by atoms with van der Waals surface area (Å²) in [5.74, 6) is 0.595. The van der Waals surface area contributed by atoms with Crippen molar-refractivity contribution < 1.29 is 17.6 Å². The van der Waals surface area contributed by atoms with Crippen molar-refractivity contribution in [1.29, 1.82) is 0 Å². The number of halogens is 6. The Morgan fingerprint density at radius 3 is 2.30 bits per heavy atom. The van der Waals surface area contributed by atoms with E-state index in [-0.39, 0.29) is 6.54 Å². The van der Waals surface area contributed by atoms with Crippen molar-refractivity contribution in [3.63, 3.8) is 0 Å². The quantitative estimate of drug-likeness (QED) is 0.569. The highest BCUT2D eigenvalue weighted by Crippen LogP contribution is 2.33. The molecule has 1 aromatic carbocycles. The number of hydrogen-bond donors (Lipinski definition) is 1. The molecule has 2 rings (SSSR count). The Balaban J connectivity index is 2.15. The molecular weight excluding hydrogens is 471 g/mol. The zero-order valence-corrected chi connectivity index (χ0v) is 14.5. The molecule has 0 spiro atoms. The molecule has 1 N–H and O–H groups in total. The van der Waals surface area contributed by atoms with Crippen LogP contribution < -0.4 is 5.32 Å². The van der Waals surface area contributed by atoms with Gasteiger partial charge in [0, 0.05) is 10.2 Å². The van der Waals surface area contributed by atoms with E-state index in [0.717, 1.165) is 16.6 Å². The highest BCUT2D eigenvalue weighted by Gasteiger charge is 2.31. The highest BCUT2D eigenvalue weighted by atomic mass is 79.9. The third kappa shape index (κ3) is 4.02. The lowest BCUT2D eigenvalue weighted by Crippen LogP contribution is -2.06. The van der Waals surface area contributed by atoms with Gasteiger partial charge >= 0.3 is 6.18 Å². The van der Waals surface area contributed by atoms with Crippen molar-refractivity contribution in [2.24, 2.45) is 0 Å². The van der Waals surface area contributed by atoms with Gasteiger partial charge in [0.1, 0.15) is 5.76 Å². The highest BCUT2D eigenvalue weighted by molar-refractivity contribution is 9.13. The minimum absolute atomic E-state index is 0.276. The molecule has 1 aromatic heterocycles. The van der Waals surface area contributed by atoms with Crippen LogP contribution in [-0.2, 0) is 12.7 Å². The Morgan fingerprint density at radius 2 is 1.75 bits per heavy atom. The molecule has 0 radical (unpaired) electrons. The average molecular weight is 478 g/mol. The third-order valence-electron chi connectivity index (χ3n) is 2.39. The van der Waals surface area contributed by atoms with Gasteiger partial charge in [0.15, 0.2) is 4.67 Å². The zero-order valence-electron chi connectivity index (χ0n) is 9.69. The molecule has 0 aliphatic carbocycles. The molecule has 0 saturated carbocycles. The van der Waals surface area contributed by atoms with E-state index in [9.17, 15) is 13.2 Å². The van der Waals surface area contributed by atoms with Gasteiger partial charge in [-0.15, -0.1) is 0 Å². The Bertz CT molecular complexity index is 605. The Morgan fingerprint density at radius 1 is 1.05 bits per heavy atom. The van der Waals surface area contributed by atoms with Crippen molar-refractivity contribution in [3.05, 3.63) is 49.2 Å². The van der Waals surface area contributed by atoms with Gasteiger partial charge < -0.3 is 9.73 Å². The number of benzene rings is 1. The predicted octanol–water partition coefficient (Wildman–Crippen LogP) is 6.20. The molecule has 8 heteroatoms. The predicted molar refractivity (Wildman–Crippen MR) is 80.6 cm³/mol. The van der Waals surface area contributed by atoms with Crippen LogP contribution in [0.4, 0.5) is 18.9 Å². The molecule has 20 heavy (non-hydrogen) atoms. The van der Waals surface area contributed by atoms with Crippen LogP contribution >= 0.6 is 47.8 Å². The normalized spacial score (nSPS) is 11.7. The summed E-state index contributed by atoms with van der Waals surface area (Å²) >= 11 is 9.53. The van der Waals surface area contributed by atoms with Crippen LogP contribution in [0.2, 0.25) is 0 Å². The van der Waals surface area contributed by atoms with Crippen LogP contribution in [0.5, 0.6) is 0 Å². The van der Waals surface area contributed by atoms with Gasteiger partial charge in [-0.05, 0) is 56.1 Å². The number of rotatable bonds is 3. The van der Waals surface area contributed by atoms with Crippen LogP contribution in [0, 0.1) is 0 Å². The van der Waals surface area contributed by atoms with Gasteiger partial charge in [0.05, 0.1) is 16.6 Å². The smallest absolute Gasteiger partial charge is 0.416 e. The van der Waals surface area contributed by atoms with E-state index >= 15 is 0 Å². The molecule has 0 bridgehead atoms. The van der Waals surface area contributed by atoms with Crippen molar-refractivity contribution >= 4 is 53.5 Å². The maximum Gasteiger partial charge on any atom is 0.416 e.